The molecule has 40 heavy (non-hydrogen) atoms. The largest absolute Gasteiger partial charge is 0.471 e. The van der Waals surface area contributed by atoms with E-state index < -0.39 is 30.3 Å². The summed E-state index contributed by atoms with van der Waals surface area (Å²) in [5.74, 6) is -1.56. The van der Waals surface area contributed by atoms with Crippen molar-refractivity contribution in [1.29, 1.82) is 0 Å². The van der Waals surface area contributed by atoms with Crippen LogP contribution < -0.4 is 5.32 Å². The number of carbonyl (C=O) groups excluding carboxylic acids is 2. The molecule has 218 valence electrons. The molecule has 5 atom stereocenters. The van der Waals surface area contributed by atoms with Crippen molar-refractivity contribution in [2.45, 2.75) is 57.1 Å². The minimum Gasteiger partial charge on any atom is -0.396 e. The Labute approximate surface area is 234 Å². The summed E-state index contributed by atoms with van der Waals surface area (Å²) in [5.41, 5.74) is 2.63. The number of thioether (sulfide) groups is 1. The molecule has 2 fully saturated rings. The predicted octanol–water partition coefficient (Wildman–Crippen LogP) is 4.19. The molecule has 5 unspecified atom stereocenters. The minimum atomic E-state index is -5.05. The number of halogens is 3. The maximum Gasteiger partial charge on any atom is 0.471 e. The highest BCUT2D eigenvalue weighted by atomic mass is 32.2. The summed E-state index contributed by atoms with van der Waals surface area (Å²) in [5, 5.41) is 21.3. The first-order valence-corrected chi connectivity index (χ1v) is 14.3. The average Bonchev–Trinajstić information content (AvgIpc) is 3.43. The molecule has 0 spiro atoms. The Morgan fingerprint density at radius 2 is 1.85 bits per heavy atom. The quantitative estimate of drug-likeness (QED) is 0.381. The maximum atomic E-state index is 13.0. The van der Waals surface area contributed by atoms with Gasteiger partial charge in [0.15, 0.2) is 6.29 Å². The molecule has 4 rings (SSSR count). The van der Waals surface area contributed by atoms with E-state index in [1.54, 1.807) is 36.0 Å². The fraction of sp³-hybridized carbons (Fsp3) is 0.500. The Balaban J connectivity index is 1.52. The fourth-order valence-electron chi connectivity index (χ4n) is 5.01. The van der Waals surface area contributed by atoms with E-state index in [0.717, 1.165) is 11.1 Å². The highest BCUT2D eigenvalue weighted by molar-refractivity contribution is 7.99. The van der Waals surface area contributed by atoms with E-state index in [4.69, 9.17) is 9.47 Å². The van der Waals surface area contributed by atoms with Crippen LogP contribution in [-0.2, 0) is 25.7 Å². The first kappa shape index (κ1) is 30.3. The van der Waals surface area contributed by atoms with Gasteiger partial charge < -0.3 is 29.9 Å². The van der Waals surface area contributed by atoms with Gasteiger partial charge in [-0.25, -0.2) is 0 Å². The number of benzene rings is 2. The first-order valence-electron chi connectivity index (χ1n) is 13.1. The zero-order chi connectivity index (χ0) is 28.9. The average molecular weight is 583 g/mol. The fourth-order valence-corrected chi connectivity index (χ4v) is 5.92. The Kier molecular flexibility index (Phi) is 10.1. The van der Waals surface area contributed by atoms with E-state index >= 15 is 0 Å². The van der Waals surface area contributed by atoms with Gasteiger partial charge in [0.25, 0.3) is 0 Å². The normalized spacial score (nSPS) is 25.1. The zero-order valence-corrected chi connectivity index (χ0v) is 22.8. The standard InChI is InChI=1S/C28H33F3N2O6S/c1-17-23(16-40-13-12-34)38-26(39-24(17)19-9-7-18(15-35)8-10-19)20-4-2-5-21(14-20)32-25(36)22-6-3-11-33(22)27(37)28(29,30)31/h2,4-5,7-10,14,17,22-24,26,34-35H,3,6,11-13,15-16H2,1H3,(H,32,36). The van der Waals surface area contributed by atoms with Crippen LogP contribution in [0, 0.1) is 5.92 Å². The van der Waals surface area contributed by atoms with Crippen molar-refractivity contribution >= 4 is 29.3 Å². The number of ether oxygens (including phenoxy) is 2. The van der Waals surface area contributed by atoms with Crippen molar-refractivity contribution in [3.05, 3.63) is 65.2 Å². The van der Waals surface area contributed by atoms with Crippen LogP contribution in [0.25, 0.3) is 0 Å². The van der Waals surface area contributed by atoms with Gasteiger partial charge in [0.1, 0.15) is 6.04 Å². The lowest BCUT2D eigenvalue weighted by molar-refractivity contribution is -0.268. The molecule has 2 saturated heterocycles. The Morgan fingerprint density at radius 3 is 2.52 bits per heavy atom. The summed E-state index contributed by atoms with van der Waals surface area (Å²) in [4.78, 5) is 25.3. The number of likely N-dealkylation sites (tertiary alicyclic amines) is 1. The molecule has 2 aromatic carbocycles. The van der Waals surface area contributed by atoms with Crippen LogP contribution in [0.1, 0.15) is 48.8 Å². The molecule has 2 heterocycles. The number of alkyl halides is 3. The van der Waals surface area contributed by atoms with Crippen molar-refractivity contribution in [2.24, 2.45) is 5.92 Å². The van der Waals surface area contributed by atoms with Gasteiger partial charge in [-0.1, -0.05) is 43.3 Å². The van der Waals surface area contributed by atoms with Crippen LogP contribution in [0.2, 0.25) is 0 Å². The van der Waals surface area contributed by atoms with Crippen molar-refractivity contribution < 1.29 is 42.4 Å². The summed E-state index contributed by atoms with van der Waals surface area (Å²) in [7, 11) is 0. The maximum absolute atomic E-state index is 13.0. The Hall–Kier alpha value is -2.64. The molecule has 12 heteroatoms. The highest BCUT2D eigenvalue weighted by Gasteiger charge is 2.47. The molecule has 0 aliphatic carbocycles. The SMILES string of the molecule is CC1C(CSCCO)OC(c2cccc(NC(=O)C3CCCN3C(=O)C(F)(F)F)c2)OC1c1ccc(CO)cc1. The summed E-state index contributed by atoms with van der Waals surface area (Å²) >= 11 is 1.56. The van der Waals surface area contributed by atoms with Gasteiger partial charge >= 0.3 is 12.1 Å². The van der Waals surface area contributed by atoms with Gasteiger partial charge in [-0.05, 0) is 36.1 Å². The van der Waals surface area contributed by atoms with Crippen LogP contribution >= 0.6 is 11.8 Å². The third-order valence-corrected chi connectivity index (χ3v) is 8.16. The van der Waals surface area contributed by atoms with Gasteiger partial charge in [-0.2, -0.15) is 24.9 Å². The lowest BCUT2D eigenvalue weighted by Gasteiger charge is -2.41. The van der Waals surface area contributed by atoms with E-state index in [1.807, 2.05) is 31.2 Å². The van der Waals surface area contributed by atoms with E-state index in [2.05, 4.69) is 5.32 Å². The van der Waals surface area contributed by atoms with Gasteiger partial charge in [0.05, 0.1) is 25.4 Å². The van der Waals surface area contributed by atoms with E-state index in [0.29, 0.717) is 34.1 Å². The molecular formula is C28H33F3N2O6S. The molecule has 3 N–H and O–H groups in total. The lowest BCUT2D eigenvalue weighted by Crippen LogP contribution is -2.48. The Bertz CT molecular complexity index is 1170. The van der Waals surface area contributed by atoms with E-state index in [-0.39, 0.29) is 44.3 Å². The number of hydrogen-bond donors (Lipinski definition) is 3. The predicted molar refractivity (Wildman–Crippen MR) is 143 cm³/mol. The van der Waals surface area contributed by atoms with Gasteiger partial charge in [-0.3, -0.25) is 9.59 Å². The molecule has 0 bridgehead atoms. The topological polar surface area (TPSA) is 108 Å². The van der Waals surface area contributed by atoms with Gasteiger partial charge in [0.2, 0.25) is 5.91 Å². The summed E-state index contributed by atoms with van der Waals surface area (Å²) in [6.07, 6.45) is -5.97. The number of aliphatic hydroxyl groups is 2. The van der Waals surface area contributed by atoms with Crippen LogP contribution in [0.4, 0.5) is 18.9 Å². The molecule has 2 aromatic rings. The highest BCUT2D eigenvalue weighted by Crippen LogP contribution is 2.42. The first-order chi connectivity index (χ1) is 19.1. The second kappa shape index (κ2) is 13.3. The zero-order valence-electron chi connectivity index (χ0n) is 22.0. The number of hydrogen-bond acceptors (Lipinski definition) is 7. The molecule has 2 aliphatic rings. The molecule has 2 amide bonds. The Morgan fingerprint density at radius 1 is 1.10 bits per heavy atom. The molecular weight excluding hydrogens is 549 g/mol. The van der Waals surface area contributed by atoms with Crippen molar-refractivity contribution in [1.82, 2.24) is 4.90 Å². The molecule has 0 aromatic heterocycles. The second-order valence-electron chi connectivity index (χ2n) is 9.89. The van der Waals surface area contributed by atoms with Gasteiger partial charge in [-0.15, -0.1) is 0 Å². The number of carbonyl (C=O) groups is 2. The van der Waals surface area contributed by atoms with E-state index in [1.165, 1.54) is 0 Å². The lowest BCUT2D eigenvalue weighted by atomic mass is 9.91. The number of rotatable bonds is 9. The minimum absolute atomic E-state index is 0.0372. The van der Waals surface area contributed by atoms with Crippen molar-refractivity contribution in [2.75, 3.05) is 30.0 Å². The summed E-state index contributed by atoms with van der Waals surface area (Å²) in [6.45, 7) is 1.87. The third kappa shape index (κ3) is 7.16. The van der Waals surface area contributed by atoms with Crippen LogP contribution in [0.15, 0.2) is 48.5 Å². The summed E-state index contributed by atoms with van der Waals surface area (Å²) < 4.78 is 51.7. The number of amides is 2. The monoisotopic (exact) mass is 582 g/mol. The molecule has 0 radical (unpaired) electrons. The van der Waals surface area contributed by atoms with Gasteiger partial charge in [0, 0.05) is 35.2 Å². The molecule has 2 aliphatic heterocycles. The molecule has 8 nitrogen and oxygen atoms in total. The summed E-state index contributed by atoms with van der Waals surface area (Å²) in [6, 6.07) is 13.0. The third-order valence-electron chi connectivity index (χ3n) is 7.13. The number of nitrogens with one attached hydrogen (secondary N) is 1. The van der Waals surface area contributed by atoms with E-state index in [9.17, 15) is 33.0 Å². The van der Waals surface area contributed by atoms with Crippen molar-refractivity contribution in [3.8, 4) is 0 Å². The van der Waals surface area contributed by atoms with Crippen molar-refractivity contribution in [3.63, 3.8) is 0 Å². The second-order valence-corrected chi connectivity index (χ2v) is 11.0. The number of anilines is 1. The smallest absolute Gasteiger partial charge is 0.396 e. The number of nitrogens with zero attached hydrogens (tertiary/aromatic N) is 1. The van der Waals surface area contributed by atoms with Crippen LogP contribution in [0.5, 0.6) is 0 Å². The van der Waals surface area contributed by atoms with Crippen LogP contribution in [0.3, 0.4) is 0 Å². The van der Waals surface area contributed by atoms with Crippen LogP contribution in [-0.4, -0.2) is 69.9 Å². The molecule has 0 saturated carbocycles. The number of aliphatic hydroxyl groups excluding tert-OH is 2.